The Morgan fingerprint density at radius 2 is 1.06 bits per heavy atom. The van der Waals surface area contributed by atoms with Crippen LogP contribution in [0.15, 0.2) is 24.3 Å². The van der Waals surface area contributed by atoms with Gasteiger partial charge in [0.15, 0.2) is 6.10 Å². The molecule has 294 valence electrons. The molecule has 0 saturated heterocycles. The van der Waals surface area contributed by atoms with E-state index in [2.05, 4.69) is 38.2 Å². The predicted octanol–water partition coefficient (Wildman–Crippen LogP) is 10.8. The van der Waals surface area contributed by atoms with Gasteiger partial charge in [-0.3, -0.25) is 18.6 Å². The molecule has 2 atom stereocenters. The largest absolute Gasteiger partial charge is 0.472 e. The lowest BCUT2D eigenvalue weighted by molar-refractivity contribution is -0.870. The van der Waals surface area contributed by atoms with Crippen LogP contribution in [0.1, 0.15) is 168 Å². The van der Waals surface area contributed by atoms with Crippen LogP contribution in [0.3, 0.4) is 0 Å². The average Bonchev–Trinajstić information content (AvgIpc) is 3.06. The molecule has 0 aromatic carbocycles. The molecule has 10 heteroatoms. The average molecular weight is 731 g/mol. The van der Waals surface area contributed by atoms with Crippen molar-refractivity contribution in [2.75, 3.05) is 47.5 Å². The highest BCUT2D eigenvalue weighted by molar-refractivity contribution is 7.47. The lowest BCUT2D eigenvalue weighted by Gasteiger charge is -2.24. The molecule has 0 fully saturated rings. The van der Waals surface area contributed by atoms with E-state index < -0.39 is 26.5 Å². The molecule has 0 amide bonds. The predicted molar refractivity (Wildman–Crippen MR) is 206 cm³/mol. The summed E-state index contributed by atoms with van der Waals surface area (Å²) >= 11 is 0. The van der Waals surface area contributed by atoms with Crippen molar-refractivity contribution in [1.29, 1.82) is 0 Å². The molecule has 0 aliphatic rings. The zero-order valence-electron chi connectivity index (χ0n) is 32.9. The highest BCUT2D eigenvalue weighted by Gasteiger charge is 2.27. The molecule has 9 nitrogen and oxygen atoms in total. The van der Waals surface area contributed by atoms with Crippen molar-refractivity contribution in [2.24, 2.45) is 0 Å². The Labute approximate surface area is 307 Å². The third-order valence-corrected chi connectivity index (χ3v) is 9.50. The van der Waals surface area contributed by atoms with Crippen molar-refractivity contribution in [3.63, 3.8) is 0 Å². The number of carbonyl (C=O) groups excluding carboxylic acids is 2. The Bertz CT molecular complexity index is 918. The van der Waals surface area contributed by atoms with Crippen molar-refractivity contribution in [3.8, 4) is 0 Å². The summed E-state index contributed by atoms with van der Waals surface area (Å²) in [5.74, 6) is -0.815. The first-order valence-electron chi connectivity index (χ1n) is 20.1. The summed E-state index contributed by atoms with van der Waals surface area (Å²) < 4.78 is 34.2. The van der Waals surface area contributed by atoms with Gasteiger partial charge in [-0.15, -0.1) is 0 Å². The summed E-state index contributed by atoms with van der Waals surface area (Å²) in [6.07, 6.45) is 33.6. The molecule has 0 radical (unpaired) electrons. The number of esters is 2. The fourth-order valence-electron chi connectivity index (χ4n) is 5.30. The van der Waals surface area contributed by atoms with Gasteiger partial charge in [0.25, 0.3) is 0 Å². The zero-order valence-corrected chi connectivity index (χ0v) is 33.8. The quantitative estimate of drug-likeness (QED) is 0.0223. The van der Waals surface area contributed by atoms with E-state index in [0.29, 0.717) is 17.4 Å². The molecule has 0 spiro atoms. The van der Waals surface area contributed by atoms with Crippen LogP contribution in [0.4, 0.5) is 0 Å². The number of phosphoric acid groups is 1. The zero-order chi connectivity index (χ0) is 37.2. The lowest BCUT2D eigenvalue weighted by Crippen LogP contribution is -2.37. The Kier molecular flexibility index (Phi) is 32.3. The molecule has 0 heterocycles. The van der Waals surface area contributed by atoms with Gasteiger partial charge in [0.05, 0.1) is 27.7 Å². The van der Waals surface area contributed by atoms with Crippen molar-refractivity contribution < 1.29 is 42.1 Å². The van der Waals surface area contributed by atoms with Crippen molar-refractivity contribution in [3.05, 3.63) is 24.3 Å². The van der Waals surface area contributed by atoms with Gasteiger partial charge in [0, 0.05) is 12.8 Å². The van der Waals surface area contributed by atoms with Crippen LogP contribution < -0.4 is 0 Å². The molecule has 0 rings (SSSR count). The van der Waals surface area contributed by atoms with Gasteiger partial charge in [0.1, 0.15) is 19.8 Å². The molecule has 0 aromatic heterocycles. The van der Waals surface area contributed by atoms with Crippen molar-refractivity contribution in [2.45, 2.75) is 174 Å². The van der Waals surface area contributed by atoms with Gasteiger partial charge < -0.3 is 18.9 Å². The topological polar surface area (TPSA) is 108 Å². The number of hydrogen-bond acceptors (Lipinski definition) is 7. The van der Waals surface area contributed by atoms with Gasteiger partial charge >= 0.3 is 19.8 Å². The van der Waals surface area contributed by atoms with E-state index in [1.165, 1.54) is 77.0 Å². The number of likely N-dealkylation sites (N-methyl/N-ethyl adjacent to an activating group) is 1. The third kappa shape index (κ3) is 36.3. The molecule has 1 unspecified atom stereocenters. The Morgan fingerprint density at radius 1 is 0.620 bits per heavy atom. The molecule has 0 saturated carbocycles. The number of nitrogens with zero attached hydrogens (tertiary/aromatic N) is 1. The number of unbranched alkanes of at least 4 members (excludes halogenated alkanes) is 19. The molecule has 0 aliphatic heterocycles. The fourth-order valence-corrected chi connectivity index (χ4v) is 6.04. The van der Waals surface area contributed by atoms with Crippen LogP contribution in [-0.2, 0) is 32.7 Å². The molecule has 0 aliphatic carbocycles. The molecule has 50 heavy (non-hydrogen) atoms. The van der Waals surface area contributed by atoms with Crippen LogP contribution in [0.25, 0.3) is 0 Å². The summed E-state index contributed by atoms with van der Waals surface area (Å²) in [5, 5.41) is 0. The first-order chi connectivity index (χ1) is 24.0. The van der Waals surface area contributed by atoms with E-state index in [4.69, 9.17) is 18.5 Å². The first-order valence-corrected chi connectivity index (χ1v) is 21.6. The smallest absolute Gasteiger partial charge is 0.462 e. The summed E-state index contributed by atoms with van der Waals surface area (Å²) in [6, 6.07) is 0. The maximum absolute atomic E-state index is 12.6. The van der Waals surface area contributed by atoms with E-state index >= 15 is 0 Å². The number of hydrogen-bond donors (Lipinski definition) is 1. The van der Waals surface area contributed by atoms with Gasteiger partial charge in [0.2, 0.25) is 0 Å². The van der Waals surface area contributed by atoms with Crippen LogP contribution in [0.5, 0.6) is 0 Å². The minimum absolute atomic E-state index is 0.0300. The van der Waals surface area contributed by atoms with E-state index in [1.54, 1.807) is 0 Å². The Balaban J connectivity index is 4.44. The third-order valence-electron chi connectivity index (χ3n) is 8.51. The Morgan fingerprint density at radius 3 is 1.56 bits per heavy atom. The van der Waals surface area contributed by atoms with Gasteiger partial charge in [-0.2, -0.15) is 0 Å². The van der Waals surface area contributed by atoms with Gasteiger partial charge in [-0.05, 0) is 38.5 Å². The van der Waals surface area contributed by atoms with Gasteiger partial charge in [-0.25, -0.2) is 4.57 Å². The minimum Gasteiger partial charge on any atom is -0.462 e. The SMILES string of the molecule is CCCCCC/C=C/C=C/CCCCCCCC(=O)O[C@H](COC(=O)CCCCCCCCCCCCC)COP(=O)(O)OCC[N+](C)(C)C. The number of ether oxygens (including phenoxy) is 2. The van der Waals surface area contributed by atoms with Gasteiger partial charge in [-0.1, -0.05) is 141 Å². The minimum atomic E-state index is -4.37. The van der Waals surface area contributed by atoms with Crippen molar-refractivity contribution in [1.82, 2.24) is 0 Å². The Hall–Kier alpha value is -1.51. The molecular weight excluding hydrogens is 653 g/mol. The van der Waals surface area contributed by atoms with Crippen molar-refractivity contribution >= 4 is 19.8 Å². The number of carbonyl (C=O) groups is 2. The molecule has 0 bridgehead atoms. The highest BCUT2D eigenvalue weighted by Crippen LogP contribution is 2.43. The maximum Gasteiger partial charge on any atom is 0.472 e. The first kappa shape index (κ1) is 48.5. The number of phosphoric ester groups is 1. The van der Waals surface area contributed by atoms with E-state index in [9.17, 15) is 19.0 Å². The maximum atomic E-state index is 12.6. The van der Waals surface area contributed by atoms with E-state index in [1.807, 2.05) is 21.1 Å². The number of rotatable bonds is 36. The molecule has 0 aromatic rings. The summed E-state index contributed by atoms with van der Waals surface area (Å²) in [5.41, 5.74) is 0. The van der Waals surface area contributed by atoms with E-state index in [-0.39, 0.29) is 32.0 Å². The summed E-state index contributed by atoms with van der Waals surface area (Å²) in [7, 11) is 1.47. The van der Waals surface area contributed by atoms with Crippen LogP contribution >= 0.6 is 7.82 Å². The van der Waals surface area contributed by atoms with Crippen LogP contribution in [-0.4, -0.2) is 74.9 Å². The van der Waals surface area contributed by atoms with Crippen LogP contribution in [0, 0.1) is 0 Å². The van der Waals surface area contributed by atoms with Crippen LogP contribution in [0.2, 0.25) is 0 Å². The number of quaternary nitrogens is 1. The number of allylic oxidation sites excluding steroid dienone is 4. The van der Waals surface area contributed by atoms with E-state index in [0.717, 1.165) is 57.8 Å². The normalized spacial score (nSPS) is 14.0. The second-order valence-corrected chi connectivity index (χ2v) is 16.2. The summed E-state index contributed by atoms with van der Waals surface area (Å²) in [6.45, 7) is 4.37. The second-order valence-electron chi connectivity index (χ2n) is 14.7. The molecular formula is C40H77NO8P+. The fraction of sp³-hybridized carbons (Fsp3) is 0.850. The second kappa shape index (κ2) is 33.3. The summed E-state index contributed by atoms with van der Waals surface area (Å²) in [4.78, 5) is 35.2. The lowest BCUT2D eigenvalue weighted by atomic mass is 10.1. The standard InChI is InChI=1S/C40H76NO8P/c1-6-8-10-12-14-16-18-19-20-21-23-25-27-29-31-33-40(43)49-38(37-48-50(44,45)47-35-34-41(3,4)5)36-46-39(42)32-30-28-26-24-22-17-15-13-11-9-7-2/h16,18-20,38H,6-15,17,21-37H2,1-5H3/p+1/b18-16+,20-19+/t38-/m1/s1. The molecule has 1 N–H and O–H groups in total. The monoisotopic (exact) mass is 731 g/mol. The highest BCUT2D eigenvalue weighted by atomic mass is 31.2.